The molecule has 118 valence electrons. The quantitative estimate of drug-likeness (QED) is 0.810. The van der Waals surface area contributed by atoms with Crippen LogP contribution in [0.15, 0.2) is 41.1 Å². The lowest BCUT2D eigenvalue weighted by atomic mass is 10.2. The van der Waals surface area contributed by atoms with E-state index in [1.807, 2.05) is 17.0 Å². The Morgan fingerprint density at radius 2 is 2.05 bits per heavy atom. The topological polar surface area (TPSA) is 58.4 Å². The summed E-state index contributed by atoms with van der Waals surface area (Å²) in [6.45, 7) is 6.28. The molecular formula is C17H23N3O2. The van der Waals surface area contributed by atoms with Gasteiger partial charge < -0.3 is 14.6 Å². The summed E-state index contributed by atoms with van der Waals surface area (Å²) in [5.74, 6) is 1.57. The van der Waals surface area contributed by atoms with E-state index < -0.39 is 0 Å². The molecule has 0 aliphatic rings. The van der Waals surface area contributed by atoms with E-state index in [-0.39, 0.29) is 5.91 Å². The first kappa shape index (κ1) is 16.1. The number of furan rings is 1. The van der Waals surface area contributed by atoms with Crippen LogP contribution in [0, 0.1) is 0 Å². The van der Waals surface area contributed by atoms with Gasteiger partial charge in [0, 0.05) is 24.8 Å². The van der Waals surface area contributed by atoms with Crippen LogP contribution in [-0.4, -0.2) is 28.9 Å². The molecule has 5 heteroatoms. The van der Waals surface area contributed by atoms with E-state index >= 15 is 0 Å². The summed E-state index contributed by atoms with van der Waals surface area (Å²) in [5.41, 5.74) is 0.666. The van der Waals surface area contributed by atoms with Crippen molar-refractivity contribution in [2.24, 2.45) is 0 Å². The molecule has 0 unspecified atom stereocenters. The van der Waals surface area contributed by atoms with Gasteiger partial charge in [-0.2, -0.15) is 0 Å². The number of carbonyl (C=O) groups excluding carboxylic acids is 1. The molecule has 2 aromatic rings. The molecule has 2 rings (SSSR count). The third kappa shape index (κ3) is 4.35. The second kappa shape index (κ2) is 8.22. The number of rotatable bonds is 8. The maximum Gasteiger partial charge on any atom is 0.254 e. The van der Waals surface area contributed by atoms with E-state index in [4.69, 9.17) is 4.42 Å². The fraction of sp³-hybridized carbons (Fsp3) is 0.412. The normalized spacial score (nSPS) is 10.5. The molecule has 0 atom stereocenters. The summed E-state index contributed by atoms with van der Waals surface area (Å²) in [4.78, 5) is 18.7. The first-order chi connectivity index (χ1) is 10.7. The molecule has 0 aliphatic carbocycles. The van der Waals surface area contributed by atoms with Gasteiger partial charge in [-0.05, 0) is 37.1 Å². The number of hydrogen-bond acceptors (Lipinski definition) is 4. The lowest BCUT2D eigenvalue weighted by molar-refractivity contribution is 0.0755. The van der Waals surface area contributed by atoms with Crippen molar-refractivity contribution in [1.29, 1.82) is 0 Å². The molecule has 22 heavy (non-hydrogen) atoms. The highest BCUT2D eigenvalue weighted by Gasteiger charge is 2.14. The Kier molecular flexibility index (Phi) is 6.01. The maximum atomic E-state index is 12.6. The highest BCUT2D eigenvalue weighted by Crippen LogP contribution is 2.12. The van der Waals surface area contributed by atoms with Crippen molar-refractivity contribution in [3.63, 3.8) is 0 Å². The minimum Gasteiger partial charge on any atom is -0.467 e. The van der Waals surface area contributed by atoms with Gasteiger partial charge in [0.1, 0.15) is 11.6 Å². The van der Waals surface area contributed by atoms with Crippen LogP contribution in [0.5, 0.6) is 0 Å². The molecule has 0 aliphatic heterocycles. The van der Waals surface area contributed by atoms with Crippen LogP contribution in [0.4, 0.5) is 5.82 Å². The van der Waals surface area contributed by atoms with Crippen LogP contribution >= 0.6 is 0 Å². The summed E-state index contributed by atoms with van der Waals surface area (Å²) < 4.78 is 5.27. The summed E-state index contributed by atoms with van der Waals surface area (Å²) in [6, 6.07) is 7.30. The number of aromatic nitrogens is 1. The Morgan fingerprint density at radius 3 is 2.68 bits per heavy atom. The van der Waals surface area contributed by atoms with E-state index in [1.54, 1.807) is 24.6 Å². The molecule has 0 fully saturated rings. The Bertz CT molecular complexity index is 575. The lowest BCUT2D eigenvalue weighted by Crippen LogP contribution is -2.32. The van der Waals surface area contributed by atoms with Gasteiger partial charge >= 0.3 is 0 Å². The molecule has 2 heterocycles. The van der Waals surface area contributed by atoms with Gasteiger partial charge in [0.15, 0.2) is 0 Å². The Labute approximate surface area is 131 Å². The van der Waals surface area contributed by atoms with Crippen LogP contribution in [0.3, 0.4) is 0 Å². The van der Waals surface area contributed by atoms with E-state index in [2.05, 4.69) is 24.1 Å². The van der Waals surface area contributed by atoms with E-state index in [0.29, 0.717) is 17.9 Å². The molecular weight excluding hydrogens is 278 g/mol. The van der Waals surface area contributed by atoms with Crippen LogP contribution in [0.2, 0.25) is 0 Å². The van der Waals surface area contributed by atoms with Gasteiger partial charge in [-0.3, -0.25) is 4.79 Å². The number of amides is 1. The number of anilines is 1. The van der Waals surface area contributed by atoms with Crippen LogP contribution in [-0.2, 0) is 6.54 Å². The summed E-state index contributed by atoms with van der Waals surface area (Å²) in [5, 5.41) is 3.17. The zero-order valence-electron chi connectivity index (χ0n) is 13.2. The Balaban J connectivity index is 2.04. The maximum absolute atomic E-state index is 12.6. The SMILES string of the molecule is CCCN(CCC)C(=O)c1ccnc(NCc2ccco2)c1. The average Bonchev–Trinajstić information content (AvgIpc) is 3.06. The smallest absolute Gasteiger partial charge is 0.254 e. The number of hydrogen-bond donors (Lipinski definition) is 1. The van der Waals surface area contributed by atoms with Crippen LogP contribution in [0.25, 0.3) is 0 Å². The molecule has 0 aromatic carbocycles. The van der Waals surface area contributed by atoms with Crippen molar-refractivity contribution in [2.45, 2.75) is 33.2 Å². The van der Waals surface area contributed by atoms with E-state index in [9.17, 15) is 4.79 Å². The second-order valence-electron chi connectivity index (χ2n) is 5.15. The molecule has 1 amide bonds. The summed E-state index contributed by atoms with van der Waals surface area (Å²) in [7, 11) is 0. The van der Waals surface area contributed by atoms with Crippen LogP contribution < -0.4 is 5.32 Å². The minimum atomic E-state index is 0.0622. The Morgan fingerprint density at radius 1 is 1.27 bits per heavy atom. The lowest BCUT2D eigenvalue weighted by Gasteiger charge is -2.21. The second-order valence-corrected chi connectivity index (χ2v) is 5.15. The highest BCUT2D eigenvalue weighted by molar-refractivity contribution is 5.94. The van der Waals surface area contributed by atoms with Crippen molar-refractivity contribution < 1.29 is 9.21 Å². The standard InChI is InChI=1S/C17H23N3O2/c1-3-9-20(10-4-2)17(21)14-7-8-18-16(12-14)19-13-15-6-5-11-22-15/h5-8,11-12H,3-4,9-10,13H2,1-2H3,(H,18,19). The summed E-state index contributed by atoms with van der Waals surface area (Å²) >= 11 is 0. The largest absolute Gasteiger partial charge is 0.467 e. The van der Waals surface area contributed by atoms with Crippen molar-refractivity contribution in [2.75, 3.05) is 18.4 Å². The predicted molar refractivity (Wildman–Crippen MR) is 86.8 cm³/mol. The Hall–Kier alpha value is -2.30. The first-order valence-electron chi connectivity index (χ1n) is 7.76. The molecule has 2 aromatic heterocycles. The highest BCUT2D eigenvalue weighted by atomic mass is 16.3. The average molecular weight is 301 g/mol. The van der Waals surface area contributed by atoms with Gasteiger partial charge in [0.25, 0.3) is 5.91 Å². The van der Waals surface area contributed by atoms with Crippen molar-refractivity contribution in [3.8, 4) is 0 Å². The number of nitrogens with zero attached hydrogens (tertiary/aromatic N) is 2. The number of carbonyl (C=O) groups is 1. The zero-order valence-corrected chi connectivity index (χ0v) is 13.2. The molecule has 0 spiro atoms. The first-order valence-corrected chi connectivity index (χ1v) is 7.76. The molecule has 0 saturated carbocycles. The zero-order chi connectivity index (χ0) is 15.8. The number of pyridine rings is 1. The van der Waals surface area contributed by atoms with Crippen LogP contribution in [0.1, 0.15) is 42.8 Å². The number of nitrogens with one attached hydrogen (secondary N) is 1. The van der Waals surface area contributed by atoms with Crippen molar-refractivity contribution in [1.82, 2.24) is 9.88 Å². The minimum absolute atomic E-state index is 0.0622. The third-order valence-corrected chi connectivity index (χ3v) is 3.30. The molecule has 1 N–H and O–H groups in total. The molecule has 0 saturated heterocycles. The fourth-order valence-corrected chi connectivity index (χ4v) is 2.29. The van der Waals surface area contributed by atoms with Gasteiger partial charge in [-0.15, -0.1) is 0 Å². The van der Waals surface area contributed by atoms with Gasteiger partial charge in [0.05, 0.1) is 12.8 Å². The predicted octanol–water partition coefficient (Wildman–Crippen LogP) is 3.55. The monoisotopic (exact) mass is 301 g/mol. The van der Waals surface area contributed by atoms with Crippen molar-refractivity contribution in [3.05, 3.63) is 48.0 Å². The molecule has 0 bridgehead atoms. The van der Waals surface area contributed by atoms with E-state index in [0.717, 1.165) is 31.7 Å². The van der Waals surface area contributed by atoms with Crippen molar-refractivity contribution >= 4 is 11.7 Å². The third-order valence-electron chi connectivity index (χ3n) is 3.30. The molecule has 5 nitrogen and oxygen atoms in total. The van der Waals surface area contributed by atoms with Gasteiger partial charge in [0.2, 0.25) is 0 Å². The molecule has 0 radical (unpaired) electrons. The fourth-order valence-electron chi connectivity index (χ4n) is 2.29. The summed E-state index contributed by atoms with van der Waals surface area (Å²) in [6.07, 6.45) is 5.21. The van der Waals surface area contributed by atoms with E-state index in [1.165, 1.54) is 0 Å². The van der Waals surface area contributed by atoms with Gasteiger partial charge in [-0.1, -0.05) is 13.8 Å². The van der Waals surface area contributed by atoms with Gasteiger partial charge in [-0.25, -0.2) is 4.98 Å².